The Bertz CT molecular complexity index is 833. The molecule has 0 spiro atoms. The molecule has 0 radical (unpaired) electrons. The number of benzene rings is 1. The van der Waals surface area contributed by atoms with E-state index in [0.717, 1.165) is 16.9 Å². The predicted octanol–water partition coefficient (Wildman–Crippen LogP) is 4.53. The maximum absolute atomic E-state index is 12.3. The molecular weight excluding hydrogens is 332 g/mol. The van der Waals surface area contributed by atoms with Crippen LogP contribution in [0.3, 0.4) is 0 Å². The van der Waals surface area contributed by atoms with Gasteiger partial charge in [-0.3, -0.25) is 0 Å². The van der Waals surface area contributed by atoms with Crippen LogP contribution in [0.1, 0.15) is 24.9 Å². The zero-order valence-corrected chi connectivity index (χ0v) is 13.5. The fourth-order valence-corrected chi connectivity index (χ4v) is 3.70. The van der Waals surface area contributed by atoms with E-state index in [4.69, 9.17) is 4.74 Å². The highest BCUT2D eigenvalue weighted by molar-refractivity contribution is 7.13. The molecule has 0 fully saturated rings. The van der Waals surface area contributed by atoms with Gasteiger partial charge >= 0.3 is 11.9 Å². The van der Waals surface area contributed by atoms with Crippen LogP contribution in [0.2, 0.25) is 0 Å². The van der Waals surface area contributed by atoms with Crippen molar-refractivity contribution in [1.82, 2.24) is 0 Å². The van der Waals surface area contributed by atoms with Crippen LogP contribution in [0, 0.1) is 0 Å². The van der Waals surface area contributed by atoms with E-state index in [1.54, 1.807) is 22.9 Å². The van der Waals surface area contributed by atoms with Gasteiger partial charge in [-0.2, -0.15) is 0 Å². The van der Waals surface area contributed by atoms with Crippen LogP contribution in [0.25, 0.3) is 11.1 Å². The summed E-state index contributed by atoms with van der Waals surface area (Å²) in [5.41, 5.74) is 2.06. The van der Waals surface area contributed by atoms with E-state index in [2.05, 4.69) is 0 Å². The first-order valence-electron chi connectivity index (χ1n) is 6.76. The molecular formula is C17H12O4S2. The maximum atomic E-state index is 12.3. The van der Waals surface area contributed by atoms with Crippen molar-refractivity contribution >= 4 is 34.6 Å². The number of carboxylic acid groups (broad SMARTS) is 1. The monoisotopic (exact) mass is 344 g/mol. The summed E-state index contributed by atoms with van der Waals surface area (Å²) in [6, 6.07) is 12.9. The van der Waals surface area contributed by atoms with Crippen molar-refractivity contribution in [2.24, 2.45) is 0 Å². The molecule has 116 valence electrons. The van der Waals surface area contributed by atoms with Gasteiger partial charge in [-0.25, -0.2) is 9.59 Å². The van der Waals surface area contributed by atoms with E-state index in [1.165, 1.54) is 11.3 Å². The van der Waals surface area contributed by atoms with Crippen LogP contribution in [-0.4, -0.2) is 17.0 Å². The average molecular weight is 344 g/mol. The molecule has 0 aliphatic rings. The Morgan fingerprint density at radius 2 is 1.52 bits per heavy atom. The summed E-state index contributed by atoms with van der Waals surface area (Å²) in [4.78, 5) is 24.2. The minimum Gasteiger partial charge on any atom is -0.477 e. The van der Waals surface area contributed by atoms with E-state index in [9.17, 15) is 14.7 Å². The zero-order chi connectivity index (χ0) is 16.2. The van der Waals surface area contributed by atoms with Gasteiger partial charge in [-0.1, -0.05) is 30.3 Å². The maximum Gasteiger partial charge on any atom is 0.349 e. The standard InChI is InChI=1S/C17H12O4S2/c18-16(19)14-12(6-8-22-14)13-7-9-23-15(13)17(20)21-10-11-4-2-1-3-5-11/h1-9H,10H2,(H,18,19). The number of esters is 1. The van der Waals surface area contributed by atoms with Crippen LogP contribution in [0.4, 0.5) is 0 Å². The van der Waals surface area contributed by atoms with Crippen LogP contribution >= 0.6 is 22.7 Å². The molecule has 1 N–H and O–H groups in total. The van der Waals surface area contributed by atoms with Gasteiger partial charge in [0, 0.05) is 11.1 Å². The lowest BCUT2D eigenvalue weighted by Crippen LogP contribution is -2.05. The van der Waals surface area contributed by atoms with Gasteiger partial charge in [0.2, 0.25) is 0 Å². The molecule has 6 heteroatoms. The van der Waals surface area contributed by atoms with Crippen molar-refractivity contribution in [1.29, 1.82) is 0 Å². The van der Waals surface area contributed by atoms with Crippen LogP contribution in [0.15, 0.2) is 53.2 Å². The highest BCUT2D eigenvalue weighted by Gasteiger charge is 2.21. The number of rotatable bonds is 5. The summed E-state index contributed by atoms with van der Waals surface area (Å²) in [5.74, 6) is -1.44. The Morgan fingerprint density at radius 1 is 0.913 bits per heavy atom. The lowest BCUT2D eigenvalue weighted by molar-refractivity contribution is 0.0479. The molecule has 0 unspecified atom stereocenters. The van der Waals surface area contributed by atoms with Crippen molar-refractivity contribution in [2.45, 2.75) is 6.61 Å². The second-order valence-corrected chi connectivity index (χ2v) is 6.53. The number of carbonyl (C=O) groups is 2. The van der Waals surface area contributed by atoms with Crippen LogP contribution in [-0.2, 0) is 11.3 Å². The van der Waals surface area contributed by atoms with Gasteiger partial charge in [0.1, 0.15) is 16.4 Å². The van der Waals surface area contributed by atoms with E-state index in [-0.39, 0.29) is 11.5 Å². The Labute approximate surface area is 140 Å². The number of thiophene rings is 2. The molecule has 2 heterocycles. The summed E-state index contributed by atoms with van der Waals surface area (Å²) in [6.45, 7) is 0.187. The molecule has 3 rings (SSSR count). The Hall–Kier alpha value is -2.44. The minimum atomic E-state index is -0.996. The Balaban J connectivity index is 1.82. The van der Waals surface area contributed by atoms with Crippen LogP contribution in [0.5, 0.6) is 0 Å². The Kier molecular flexibility index (Phi) is 4.55. The van der Waals surface area contributed by atoms with Gasteiger partial charge in [-0.05, 0) is 28.5 Å². The van der Waals surface area contributed by atoms with E-state index in [0.29, 0.717) is 16.0 Å². The molecule has 2 aromatic heterocycles. The van der Waals surface area contributed by atoms with Gasteiger partial charge < -0.3 is 9.84 Å². The Morgan fingerprint density at radius 3 is 2.17 bits per heavy atom. The third-order valence-electron chi connectivity index (χ3n) is 3.21. The summed E-state index contributed by atoms with van der Waals surface area (Å²) >= 11 is 2.39. The number of carbonyl (C=O) groups excluding carboxylic acids is 1. The fraction of sp³-hybridized carbons (Fsp3) is 0.0588. The number of carboxylic acids is 1. The van der Waals surface area contributed by atoms with Crippen molar-refractivity contribution < 1.29 is 19.4 Å². The molecule has 0 saturated heterocycles. The number of hydrogen-bond acceptors (Lipinski definition) is 5. The molecule has 0 atom stereocenters. The van der Waals surface area contributed by atoms with Crippen molar-refractivity contribution in [3.63, 3.8) is 0 Å². The lowest BCUT2D eigenvalue weighted by Gasteiger charge is -2.06. The molecule has 0 amide bonds. The van der Waals surface area contributed by atoms with Gasteiger partial charge in [0.25, 0.3) is 0 Å². The fourth-order valence-electron chi connectivity index (χ4n) is 2.16. The lowest BCUT2D eigenvalue weighted by atomic mass is 10.1. The molecule has 23 heavy (non-hydrogen) atoms. The van der Waals surface area contributed by atoms with Crippen LogP contribution < -0.4 is 0 Å². The van der Waals surface area contributed by atoms with Gasteiger partial charge in [0.15, 0.2) is 0 Å². The SMILES string of the molecule is O=C(O)c1sccc1-c1ccsc1C(=O)OCc1ccccc1. The molecule has 0 aliphatic heterocycles. The average Bonchev–Trinajstić information content (AvgIpc) is 3.21. The largest absolute Gasteiger partial charge is 0.477 e. The van der Waals surface area contributed by atoms with E-state index < -0.39 is 11.9 Å². The van der Waals surface area contributed by atoms with E-state index >= 15 is 0 Å². The summed E-state index contributed by atoms with van der Waals surface area (Å²) in [6.07, 6.45) is 0. The molecule has 0 bridgehead atoms. The third kappa shape index (κ3) is 3.33. The first-order valence-corrected chi connectivity index (χ1v) is 8.52. The summed E-state index contributed by atoms with van der Waals surface area (Å²) in [7, 11) is 0. The summed E-state index contributed by atoms with van der Waals surface area (Å²) in [5, 5.41) is 12.7. The highest BCUT2D eigenvalue weighted by Crippen LogP contribution is 2.34. The predicted molar refractivity (Wildman–Crippen MR) is 90.2 cm³/mol. The van der Waals surface area contributed by atoms with Crippen molar-refractivity contribution in [3.05, 3.63) is 68.5 Å². The second-order valence-electron chi connectivity index (χ2n) is 4.69. The first kappa shape index (κ1) is 15.5. The van der Waals surface area contributed by atoms with Gasteiger partial charge in [-0.15, -0.1) is 22.7 Å². The number of hydrogen-bond donors (Lipinski definition) is 1. The second kappa shape index (κ2) is 6.76. The van der Waals surface area contributed by atoms with E-state index in [1.807, 2.05) is 30.3 Å². The quantitative estimate of drug-likeness (QED) is 0.691. The molecule has 1 aromatic carbocycles. The topological polar surface area (TPSA) is 63.6 Å². The normalized spacial score (nSPS) is 10.4. The first-order chi connectivity index (χ1) is 11.2. The van der Waals surface area contributed by atoms with Crippen molar-refractivity contribution in [2.75, 3.05) is 0 Å². The van der Waals surface area contributed by atoms with Gasteiger partial charge in [0.05, 0.1) is 0 Å². The number of aromatic carboxylic acids is 1. The minimum absolute atomic E-state index is 0.187. The molecule has 4 nitrogen and oxygen atoms in total. The zero-order valence-electron chi connectivity index (χ0n) is 11.9. The van der Waals surface area contributed by atoms with Crippen molar-refractivity contribution in [3.8, 4) is 11.1 Å². The molecule has 0 aliphatic carbocycles. The number of ether oxygens (including phenoxy) is 1. The smallest absolute Gasteiger partial charge is 0.349 e. The summed E-state index contributed by atoms with van der Waals surface area (Å²) < 4.78 is 5.34. The highest BCUT2D eigenvalue weighted by atomic mass is 32.1. The molecule has 0 saturated carbocycles. The molecule has 3 aromatic rings. The third-order valence-corrected chi connectivity index (χ3v) is 5.01.